The number of para-hydroxylation sites is 2. The molecule has 1 atom stereocenters. The van der Waals surface area contributed by atoms with Crippen molar-refractivity contribution in [2.45, 2.75) is 24.6 Å². The van der Waals surface area contributed by atoms with Gasteiger partial charge in [-0.3, -0.25) is 4.79 Å². The van der Waals surface area contributed by atoms with Gasteiger partial charge in [0.2, 0.25) is 0 Å². The minimum absolute atomic E-state index is 0.0254. The predicted molar refractivity (Wildman–Crippen MR) is 72.8 cm³/mol. The van der Waals surface area contributed by atoms with Crippen LogP contribution in [0.1, 0.15) is 12.8 Å². The van der Waals surface area contributed by atoms with Gasteiger partial charge in [-0.2, -0.15) is 13.2 Å². The molecule has 0 aromatic heterocycles. The third kappa shape index (κ3) is 2.04. The molecule has 110 valence electrons. The predicted octanol–water partition coefficient (Wildman–Crippen LogP) is 2.79. The van der Waals surface area contributed by atoms with Crippen LogP contribution < -0.4 is 10.2 Å². The maximum atomic E-state index is 13.7. The van der Waals surface area contributed by atoms with Gasteiger partial charge in [0.15, 0.2) is 0 Å². The minimum atomic E-state index is -4.79. The number of halogens is 3. The largest absolute Gasteiger partial charge is 0.432 e. The first-order valence-electron chi connectivity index (χ1n) is 6.60. The molecular formula is C15H13F3N2O. The molecule has 1 aromatic rings. The molecule has 3 nitrogen and oxygen atoms in total. The molecule has 1 aliphatic heterocycles. The van der Waals surface area contributed by atoms with E-state index in [1.165, 1.54) is 13.1 Å². The number of carbonyl (C=O) groups excluding carboxylic acids is 1. The summed E-state index contributed by atoms with van der Waals surface area (Å²) >= 11 is 0. The van der Waals surface area contributed by atoms with E-state index in [-0.39, 0.29) is 5.92 Å². The van der Waals surface area contributed by atoms with E-state index >= 15 is 0 Å². The van der Waals surface area contributed by atoms with Crippen LogP contribution in [0.2, 0.25) is 0 Å². The van der Waals surface area contributed by atoms with Crippen molar-refractivity contribution in [2.24, 2.45) is 5.92 Å². The summed E-state index contributed by atoms with van der Waals surface area (Å²) in [5.74, 6) is 3.64. The number of rotatable bonds is 0. The Kier molecular flexibility index (Phi) is 2.90. The molecule has 1 fully saturated rings. The van der Waals surface area contributed by atoms with Gasteiger partial charge in [0.1, 0.15) is 0 Å². The number of nitrogens with zero attached hydrogens (tertiary/aromatic N) is 1. The molecule has 21 heavy (non-hydrogen) atoms. The second-order valence-electron chi connectivity index (χ2n) is 5.28. The van der Waals surface area contributed by atoms with Crippen LogP contribution in [0.3, 0.4) is 0 Å². The molecule has 1 aromatic carbocycles. The average molecular weight is 294 g/mol. The van der Waals surface area contributed by atoms with Crippen molar-refractivity contribution in [3.63, 3.8) is 0 Å². The number of hydrogen-bond donors (Lipinski definition) is 1. The van der Waals surface area contributed by atoms with Gasteiger partial charge >= 0.3 is 6.18 Å². The number of benzene rings is 1. The maximum Gasteiger partial charge on any atom is 0.432 e. The van der Waals surface area contributed by atoms with E-state index in [9.17, 15) is 18.0 Å². The van der Waals surface area contributed by atoms with Crippen LogP contribution >= 0.6 is 0 Å². The van der Waals surface area contributed by atoms with Gasteiger partial charge in [0, 0.05) is 13.0 Å². The Hall–Kier alpha value is -2.16. The second-order valence-corrected chi connectivity index (χ2v) is 5.28. The van der Waals surface area contributed by atoms with Crippen LogP contribution in [0.15, 0.2) is 24.3 Å². The first-order valence-corrected chi connectivity index (χ1v) is 6.60. The monoisotopic (exact) mass is 294 g/mol. The Morgan fingerprint density at radius 2 is 2.00 bits per heavy atom. The Bertz CT molecular complexity index is 655. The molecule has 1 amide bonds. The van der Waals surface area contributed by atoms with E-state index in [1.807, 2.05) is 0 Å². The van der Waals surface area contributed by atoms with Crippen LogP contribution in [0, 0.1) is 17.8 Å². The van der Waals surface area contributed by atoms with Crippen molar-refractivity contribution in [3.05, 3.63) is 24.3 Å². The highest BCUT2D eigenvalue weighted by Crippen LogP contribution is 2.44. The average Bonchev–Trinajstić information content (AvgIpc) is 3.21. The van der Waals surface area contributed by atoms with Crippen LogP contribution in [-0.2, 0) is 4.79 Å². The van der Waals surface area contributed by atoms with E-state index in [2.05, 4.69) is 17.2 Å². The third-order valence-electron chi connectivity index (χ3n) is 3.79. The molecule has 1 unspecified atom stereocenters. The van der Waals surface area contributed by atoms with Crippen LogP contribution in [-0.4, -0.2) is 24.7 Å². The number of carbonyl (C=O) groups is 1. The smallest absolute Gasteiger partial charge is 0.341 e. The quantitative estimate of drug-likeness (QED) is 0.746. The Labute approximate surface area is 120 Å². The van der Waals surface area contributed by atoms with Crippen molar-refractivity contribution < 1.29 is 18.0 Å². The van der Waals surface area contributed by atoms with Crippen molar-refractivity contribution in [1.29, 1.82) is 0 Å². The SMILES string of the molecule is CN1c2ccccc2NC(=O)C1(C#CC1CC1)C(F)(F)F. The number of nitrogens with one attached hydrogen (secondary N) is 1. The summed E-state index contributed by atoms with van der Waals surface area (Å²) in [7, 11) is 1.26. The summed E-state index contributed by atoms with van der Waals surface area (Å²) in [6, 6.07) is 6.39. The van der Waals surface area contributed by atoms with Crippen molar-refractivity contribution in [1.82, 2.24) is 0 Å². The van der Waals surface area contributed by atoms with E-state index in [4.69, 9.17) is 0 Å². The van der Waals surface area contributed by atoms with Gasteiger partial charge in [-0.15, -0.1) is 0 Å². The normalized spacial score (nSPS) is 24.8. The lowest BCUT2D eigenvalue weighted by molar-refractivity contribution is -0.176. The summed E-state index contributed by atoms with van der Waals surface area (Å²) in [6.45, 7) is 0. The number of amides is 1. The molecule has 1 heterocycles. The zero-order chi connectivity index (χ0) is 15.3. The van der Waals surface area contributed by atoms with Gasteiger partial charge in [0.05, 0.1) is 11.4 Å². The molecule has 0 saturated heterocycles. The maximum absolute atomic E-state index is 13.7. The minimum Gasteiger partial charge on any atom is -0.341 e. The summed E-state index contributed by atoms with van der Waals surface area (Å²) in [6.07, 6.45) is -3.20. The van der Waals surface area contributed by atoms with Crippen LogP contribution in [0.4, 0.5) is 24.5 Å². The molecule has 6 heteroatoms. The van der Waals surface area contributed by atoms with Gasteiger partial charge in [-0.05, 0) is 25.0 Å². The molecule has 1 saturated carbocycles. The molecular weight excluding hydrogens is 281 g/mol. The van der Waals surface area contributed by atoms with Gasteiger partial charge < -0.3 is 10.2 Å². The van der Waals surface area contributed by atoms with Gasteiger partial charge in [-0.1, -0.05) is 24.0 Å². The zero-order valence-electron chi connectivity index (χ0n) is 11.3. The molecule has 0 radical (unpaired) electrons. The number of fused-ring (bicyclic) bond motifs is 1. The fraction of sp³-hybridized carbons (Fsp3) is 0.400. The molecule has 1 N–H and O–H groups in total. The molecule has 1 aliphatic carbocycles. The lowest BCUT2D eigenvalue weighted by Gasteiger charge is -2.43. The Morgan fingerprint density at radius 3 is 2.62 bits per heavy atom. The highest BCUT2D eigenvalue weighted by Gasteiger charge is 2.64. The molecule has 3 rings (SSSR count). The number of anilines is 2. The highest BCUT2D eigenvalue weighted by atomic mass is 19.4. The van der Waals surface area contributed by atoms with E-state index < -0.39 is 17.6 Å². The first kappa shape index (κ1) is 13.8. The molecule has 2 aliphatic rings. The van der Waals surface area contributed by atoms with E-state index in [0.717, 1.165) is 17.7 Å². The standard InChI is InChI=1S/C15H13F3N2O/c1-20-12-5-3-2-4-11(12)19-13(21)14(20,15(16,17)18)9-8-10-6-7-10/h2-5,10H,6-7H2,1H3,(H,19,21). The van der Waals surface area contributed by atoms with E-state index in [1.54, 1.807) is 18.2 Å². The molecule has 0 bridgehead atoms. The topological polar surface area (TPSA) is 32.3 Å². The Morgan fingerprint density at radius 1 is 1.33 bits per heavy atom. The fourth-order valence-electron chi connectivity index (χ4n) is 2.38. The summed E-state index contributed by atoms with van der Waals surface area (Å²) in [5.41, 5.74) is -2.16. The van der Waals surface area contributed by atoms with Crippen LogP contribution in [0.5, 0.6) is 0 Å². The lowest BCUT2D eigenvalue weighted by atomic mass is 9.92. The lowest BCUT2D eigenvalue weighted by Crippen LogP contribution is -2.66. The summed E-state index contributed by atoms with van der Waals surface area (Å²) < 4.78 is 41.0. The number of alkyl halides is 3. The third-order valence-corrected chi connectivity index (χ3v) is 3.79. The van der Waals surface area contributed by atoms with Gasteiger partial charge in [0.25, 0.3) is 11.4 Å². The molecule has 0 spiro atoms. The Balaban J connectivity index is 2.16. The summed E-state index contributed by atoms with van der Waals surface area (Å²) in [5, 5.41) is 2.33. The second kappa shape index (κ2) is 4.42. The number of hydrogen-bond acceptors (Lipinski definition) is 2. The van der Waals surface area contributed by atoms with Crippen molar-refractivity contribution in [2.75, 3.05) is 17.3 Å². The highest BCUT2D eigenvalue weighted by molar-refractivity contribution is 6.09. The first-order chi connectivity index (χ1) is 9.86. The fourth-order valence-corrected chi connectivity index (χ4v) is 2.38. The van der Waals surface area contributed by atoms with Crippen molar-refractivity contribution in [3.8, 4) is 11.8 Å². The van der Waals surface area contributed by atoms with Gasteiger partial charge in [-0.25, -0.2) is 0 Å². The summed E-state index contributed by atoms with van der Waals surface area (Å²) in [4.78, 5) is 13.1. The van der Waals surface area contributed by atoms with E-state index in [0.29, 0.717) is 11.4 Å². The number of likely N-dealkylation sites (N-methyl/N-ethyl adjacent to an activating group) is 1. The van der Waals surface area contributed by atoms with Crippen molar-refractivity contribution >= 4 is 17.3 Å². The van der Waals surface area contributed by atoms with Crippen LogP contribution in [0.25, 0.3) is 0 Å². The zero-order valence-corrected chi connectivity index (χ0v) is 11.3.